The molecule has 242 valence electrons. The van der Waals surface area contributed by atoms with Gasteiger partial charge in [-0.1, -0.05) is 155 Å². The van der Waals surface area contributed by atoms with E-state index in [1.54, 1.807) is 0 Å². The normalized spacial score (nSPS) is 12.7. The number of aliphatic hydroxyl groups excluding tert-OH is 1. The summed E-state index contributed by atoms with van der Waals surface area (Å²) in [5.74, 6) is 0. The van der Waals surface area contributed by atoms with E-state index in [4.69, 9.17) is 5.73 Å². The molecule has 0 saturated heterocycles. The van der Waals surface area contributed by atoms with Crippen LogP contribution in [0.5, 0.6) is 0 Å². The Labute approximate surface area is 253 Å². The van der Waals surface area contributed by atoms with Gasteiger partial charge in [-0.15, -0.1) is 0 Å². The highest BCUT2D eigenvalue weighted by Crippen LogP contribution is 2.14. The van der Waals surface area contributed by atoms with Crippen molar-refractivity contribution in [1.29, 1.82) is 0 Å². The number of nitrogens with zero attached hydrogens (tertiary/aromatic N) is 2. The van der Waals surface area contributed by atoms with Gasteiger partial charge in [-0.2, -0.15) is 0 Å². The Kier molecular flexibility index (Phi) is 33.2. The van der Waals surface area contributed by atoms with Crippen LogP contribution in [0.25, 0.3) is 0 Å². The van der Waals surface area contributed by atoms with E-state index >= 15 is 0 Å². The molecule has 0 radical (unpaired) electrons. The van der Waals surface area contributed by atoms with Crippen molar-refractivity contribution in [2.24, 2.45) is 5.73 Å². The summed E-state index contributed by atoms with van der Waals surface area (Å²) in [6.07, 6.45) is 35.8. The van der Waals surface area contributed by atoms with Crippen molar-refractivity contribution in [3.05, 3.63) is 0 Å². The first kappa shape index (κ1) is 39.8. The molecule has 3 N–H and O–H groups in total. The number of aliphatic hydroxyl groups is 1. The Morgan fingerprint density at radius 3 is 1.07 bits per heavy atom. The fourth-order valence-corrected chi connectivity index (χ4v) is 5.90. The van der Waals surface area contributed by atoms with Crippen LogP contribution in [0, 0.1) is 0 Å². The molecular formula is C36H77N3O. The maximum absolute atomic E-state index is 10.1. The number of rotatable bonds is 34. The van der Waals surface area contributed by atoms with Crippen LogP contribution < -0.4 is 5.73 Å². The van der Waals surface area contributed by atoms with Crippen LogP contribution in [0.15, 0.2) is 0 Å². The maximum Gasteiger partial charge on any atom is 0.0789 e. The van der Waals surface area contributed by atoms with Gasteiger partial charge >= 0.3 is 0 Å². The van der Waals surface area contributed by atoms with Crippen molar-refractivity contribution in [1.82, 2.24) is 9.80 Å². The average Bonchev–Trinajstić information content (AvgIpc) is 2.96. The zero-order chi connectivity index (χ0) is 29.4. The first-order chi connectivity index (χ1) is 19.6. The minimum Gasteiger partial charge on any atom is -0.390 e. The summed E-state index contributed by atoms with van der Waals surface area (Å²) in [4.78, 5) is 5.00. The first-order valence-electron chi connectivity index (χ1n) is 18.4. The van der Waals surface area contributed by atoms with Gasteiger partial charge in [0.15, 0.2) is 0 Å². The Bertz CT molecular complexity index is 461. The number of nitrogens with two attached hydrogens (primary N) is 1. The van der Waals surface area contributed by atoms with Crippen molar-refractivity contribution in [2.45, 2.75) is 187 Å². The Morgan fingerprint density at radius 1 is 0.450 bits per heavy atom. The van der Waals surface area contributed by atoms with E-state index in [-0.39, 0.29) is 6.10 Å². The van der Waals surface area contributed by atoms with Crippen LogP contribution in [0.2, 0.25) is 0 Å². The topological polar surface area (TPSA) is 52.7 Å². The molecule has 0 fully saturated rings. The Morgan fingerprint density at radius 2 is 0.725 bits per heavy atom. The fourth-order valence-electron chi connectivity index (χ4n) is 5.90. The molecule has 0 aliphatic carbocycles. The van der Waals surface area contributed by atoms with Crippen molar-refractivity contribution in [3.8, 4) is 0 Å². The predicted molar refractivity (Wildman–Crippen MR) is 180 cm³/mol. The van der Waals surface area contributed by atoms with E-state index in [9.17, 15) is 5.11 Å². The monoisotopic (exact) mass is 568 g/mol. The molecule has 0 aromatic carbocycles. The largest absolute Gasteiger partial charge is 0.390 e. The molecule has 0 saturated carbocycles. The van der Waals surface area contributed by atoms with Crippen molar-refractivity contribution >= 4 is 0 Å². The lowest BCUT2D eigenvalue weighted by Crippen LogP contribution is -2.37. The van der Waals surface area contributed by atoms with Gasteiger partial charge in [-0.3, -0.25) is 0 Å². The van der Waals surface area contributed by atoms with Crippen molar-refractivity contribution in [3.63, 3.8) is 0 Å². The highest BCUT2D eigenvalue weighted by Gasteiger charge is 2.10. The number of unbranched alkanes of at least 4 members (excludes halogenated alkanes) is 23. The molecule has 0 aromatic heterocycles. The van der Waals surface area contributed by atoms with E-state index in [0.717, 1.165) is 19.6 Å². The summed E-state index contributed by atoms with van der Waals surface area (Å²) in [6.45, 7) is 10.4. The van der Waals surface area contributed by atoms with Gasteiger partial charge in [-0.25, -0.2) is 0 Å². The number of hydrogen-bond donors (Lipinski definition) is 2. The summed E-state index contributed by atoms with van der Waals surface area (Å²) in [6, 6.07) is 0. The van der Waals surface area contributed by atoms with E-state index < -0.39 is 0 Å². The van der Waals surface area contributed by atoms with E-state index in [2.05, 4.69) is 30.7 Å². The van der Waals surface area contributed by atoms with Gasteiger partial charge in [0.05, 0.1) is 6.10 Å². The van der Waals surface area contributed by atoms with Crippen molar-refractivity contribution < 1.29 is 5.11 Å². The highest BCUT2D eigenvalue weighted by molar-refractivity contribution is 4.66. The van der Waals surface area contributed by atoms with Gasteiger partial charge in [0.25, 0.3) is 0 Å². The molecule has 0 aliphatic heterocycles. The highest BCUT2D eigenvalue weighted by atomic mass is 16.3. The summed E-state index contributed by atoms with van der Waals surface area (Å²) >= 11 is 0. The second kappa shape index (κ2) is 33.3. The molecular weight excluding hydrogens is 490 g/mol. The minimum atomic E-state index is -0.384. The van der Waals surface area contributed by atoms with Crippen LogP contribution in [0.4, 0.5) is 0 Å². The molecule has 0 bridgehead atoms. The smallest absolute Gasteiger partial charge is 0.0789 e. The number of hydrogen-bond acceptors (Lipinski definition) is 4. The molecule has 4 nitrogen and oxygen atoms in total. The Balaban J connectivity index is 3.69. The van der Waals surface area contributed by atoms with Gasteiger partial charge in [0, 0.05) is 13.1 Å². The van der Waals surface area contributed by atoms with E-state index in [1.165, 1.54) is 180 Å². The van der Waals surface area contributed by atoms with Crippen LogP contribution in [0.1, 0.15) is 181 Å². The third-order valence-corrected chi connectivity index (χ3v) is 8.73. The van der Waals surface area contributed by atoms with Crippen LogP contribution in [0.3, 0.4) is 0 Å². The lowest BCUT2D eigenvalue weighted by Gasteiger charge is -2.25. The van der Waals surface area contributed by atoms with E-state index in [1.807, 2.05) is 0 Å². The molecule has 4 heteroatoms. The van der Waals surface area contributed by atoms with Crippen LogP contribution >= 0.6 is 0 Å². The second-order valence-corrected chi connectivity index (χ2v) is 13.0. The van der Waals surface area contributed by atoms with Crippen molar-refractivity contribution in [2.75, 3.05) is 46.3 Å². The second-order valence-electron chi connectivity index (χ2n) is 13.0. The third kappa shape index (κ3) is 30.8. The SMILES string of the molecule is CCCCCCCCCCCCCCN(C)CCCCN(CCCCCCCCCCCCCC)CC(O)CN. The predicted octanol–water partition coefficient (Wildman–Crippen LogP) is 9.72. The van der Waals surface area contributed by atoms with Crippen LogP contribution in [-0.4, -0.2) is 67.3 Å². The molecule has 1 atom stereocenters. The molecule has 0 spiro atoms. The third-order valence-electron chi connectivity index (χ3n) is 8.73. The summed E-state index contributed by atoms with van der Waals surface area (Å²) in [5.41, 5.74) is 5.72. The molecule has 40 heavy (non-hydrogen) atoms. The standard InChI is InChI=1S/C36H77N3O/c1-4-6-8-10-12-14-16-18-20-22-24-26-30-38(3)31-28-29-33-39(35-36(40)34-37)32-27-25-23-21-19-17-15-13-11-9-7-5-2/h36,40H,4-35,37H2,1-3H3. The molecule has 0 heterocycles. The molecule has 1 unspecified atom stereocenters. The van der Waals surface area contributed by atoms with E-state index in [0.29, 0.717) is 6.54 Å². The zero-order valence-corrected chi connectivity index (χ0v) is 28.1. The summed E-state index contributed by atoms with van der Waals surface area (Å²) in [7, 11) is 2.29. The van der Waals surface area contributed by atoms with Gasteiger partial charge in [-0.05, 0) is 58.9 Å². The first-order valence-corrected chi connectivity index (χ1v) is 18.4. The summed E-state index contributed by atoms with van der Waals surface area (Å²) < 4.78 is 0. The molecule has 0 aromatic rings. The van der Waals surface area contributed by atoms with Gasteiger partial charge in [0.1, 0.15) is 0 Å². The zero-order valence-electron chi connectivity index (χ0n) is 28.1. The molecule has 0 aliphatic rings. The van der Waals surface area contributed by atoms with Gasteiger partial charge < -0.3 is 20.6 Å². The molecule has 0 rings (SSSR count). The lowest BCUT2D eigenvalue weighted by atomic mass is 10.1. The Hall–Kier alpha value is -0.160. The minimum absolute atomic E-state index is 0.372. The average molecular weight is 568 g/mol. The lowest BCUT2D eigenvalue weighted by molar-refractivity contribution is 0.115. The summed E-state index contributed by atoms with van der Waals surface area (Å²) in [5, 5.41) is 10.1. The fraction of sp³-hybridized carbons (Fsp3) is 1.00. The quantitative estimate of drug-likeness (QED) is 0.0760. The molecule has 0 amide bonds. The van der Waals surface area contributed by atoms with Crippen LogP contribution in [-0.2, 0) is 0 Å². The van der Waals surface area contributed by atoms with Gasteiger partial charge in [0.2, 0.25) is 0 Å². The maximum atomic E-state index is 10.1.